The van der Waals surface area contributed by atoms with Crippen LogP contribution >= 0.6 is 0 Å². The van der Waals surface area contributed by atoms with Gasteiger partial charge in [0.25, 0.3) is 0 Å². The minimum atomic E-state index is -1.78. The SMILES string of the molecule is CCCCCCCCCCCCCCCCCCCCCCC/C=C/C(O)C(COC1OC(CO)C(OC2OC(CO)C(O)C(O)C2O)C(O)C1O)NC(=O)CCCCCCCCCCCCC. The molecule has 2 aliphatic heterocycles. The first kappa shape index (κ1) is 62.8. The van der Waals surface area contributed by atoms with Crippen molar-refractivity contribution in [3.8, 4) is 0 Å². The van der Waals surface area contributed by atoms with E-state index in [2.05, 4.69) is 19.2 Å². The largest absolute Gasteiger partial charge is 0.394 e. The molecule has 2 aliphatic rings. The second-order valence-electron chi connectivity index (χ2n) is 20.1. The van der Waals surface area contributed by atoms with Crippen LogP contribution in [0, 0.1) is 0 Å². The highest BCUT2D eigenvalue weighted by Gasteiger charge is 2.51. The molecule has 0 bridgehead atoms. The molecule has 402 valence electrons. The molecule has 0 radical (unpaired) electrons. The summed E-state index contributed by atoms with van der Waals surface area (Å²) in [7, 11) is 0. The lowest BCUT2D eigenvalue weighted by atomic mass is 9.97. The van der Waals surface area contributed by atoms with Gasteiger partial charge in [-0.1, -0.05) is 219 Å². The minimum Gasteiger partial charge on any atom is -0.394 e. The molecule has 2 fully saturated rings. The third kappa shape index (κ3) is 27.5. The number of aliphatic hydroxyl groups is 8. The molecule has 0 spiro atoms. The Bertz CT molecular complexity index is 1200. The van der Waals surface area contributed by atoms with Crippen molar-refractivity contribution in [1.29, 1.82) is 0 Å². The summed E-state index contributed by atoms with van der Waals surface area (Å²) in [4.78, 5) is 13.2. The zero-order valence-corrected chi connectivity index (χ0v) is 42.9. The van der Waals surface area contributed by atoms with Crippen molar-refractivity contribution >= 4 is 5.91 Å². The quantitative estimate of drug-likeness (QED) is 0.0207. The molecule has 2 heterocycles. The van der Waals surface area contributed by atoms with Crippen molar-refractivity contribution in [3.63, 3.8) is 0 Å². The van der Waals surface area contributed by atoms with E-state index in [1.807, 2.05) is 6.08 Å². The van der Waals surface area contributed by atoms with Gasteiger partial charge in [-0.25, -0.2) is 0 Å². The van der Waals surface area contributed by atoms with E-state index in [9.17, 15) is 45.6 Å². The number of carbonyl (C=O) groups is 1. The third-order valence-electron chi connectivity index (χ3n) is 14.0. The Labute approximate surface area is 412 Å². The van der Waals surface area contributed by atoms with E-state index in [1.165, 1.54) is 167 Å². The number of amides is 1. The van der Waals surface area contributed by atoms with Crippen LogP contribution in [0.4, 0.5) is 0 Å². The number of carbonyl (C=O) groups excluding carboxylic acids is 1. The molecule has 2 rings (SSSR count). The summed E-state index contributed by atoms with van der Waals surface area (Å²) in [6, 6.07) is -0.908. The molecule has 2 saturated heterocycles. The van der Waals surface area contributed by atoms with E-state index in [4.69, 9.17) is 18.9 Å². The van der Waals surface area contributed by atoms with Crippen molar-refractivity contribution in [2.45, 2.75) is 306 Å². The maximum atomic E-state index is 13.2. The Hall–Kier alpha value is -1.27. The number of aliphatic hydroxyl groups excluding tert-OH is 8. The molecule has 12 atom stereocenters. The van der Waals surface area contributed by atoms with E-state index in [-0.39, 0.29) is 18.9 Å². The van der Waals surface area contributed by atoms with Gasteiger partial charge in [0.1, 0.15) is 48.8 Å². The maximum Gasteiger partial charge on any atom is 0.220 e. The average molecular weight is 974 g/mol. The first-order valence-electron chi connectivity index (χ1n) is 27.9. The van der Waals surface area contributed by atoms with E-state index < -0.39 is 86.8 Å². The topological polar surface area (TPSA) is 228 Å². The average Bonchev–Trinajstić information content (AvgIpc) is 3.34. The van der Waals surface area contributed by atoms with Gasteiger partial charge in [0.05, 0.1) is 32.0 Å². The van der Waals surface area contributed by atoms with Crippen molar-refractivity contribution < 1.29 is 64.6 Å². The summed E-state index contributed by atoms with van der Waals surface area (Å²) < 4.78 is 22.7. The number of hydrogen-bond acceptors (Lipinski definition) is 13. The van der Waals surface area contributed by atoms with Crippen LogP contribution in [0.5, 0.6) is 0 Å². The second kappa shape index (κ2) is 41.2. The van der Waals surface area contributed by atoms with Gasteiger partial charge in [0, 0.05) is 6.42 Å². The van der Waals surface area contributed by atoms with E-state index in [1.54, 1.807) is 6.08 Å². The Morgan fingerprint density at radius 1 is 0.515 bits per heavy atom. The van der Waals surface area contributed by atoms with Crippen LogP contribution in [0.3, 0.4) is 0 Å². The summed E-state index contributed by atoms with van der Waals surface area (Å²) in [5.74, 6) is -0.238. The lowest BCUT2D eigenvalue weighted by molar-refractivity contribution is -0.359. The number of ether oxygens (including phenoxy) is 4. The van der Waals surface area contributed by atoms with Gasteiger partial charge in [-0.15, -0.1) is 0 Å². The van der Waals surface area contributed by atoms with Crippen LogP contribution in [-0.4, -0.2) is 140 Å². The van der Waals surface area contributed by atoms with Gasteiger partial charge >= 0.3 is 0 Å². The van der Waals surface area contributed by atoms with Crippen LogP contribution in [0.2, 0.25) is 0 Å². The summed E-state index contributed by atoms with van der Waals surface area (Å²) in [5.41, 5.74) is 0. The van der Waals surface area contributed by atoms with Gasteiger partial charge in [-0.2, -0.15) is 0 Å². The van der Waals surface area contributed by atoms with E-state index in [0.29, 0.717) is 6.42 Å². The second-order valence-corrected chi connectivity index (χ2v) is 20.1. The van der Waals surface area contributed by atoms with E-state index >= 15 is 0 Å². The molecule has 0 saturated carbocycles. The fourth-order valence-corrected chi connectivity index (χ4v) is 9.41. The van der Waals surface area contributed by atoms with Gasteiger partial charge in [0.2, 0.25) is 5.91 Å². The number of hydrogen-bond donors (Lipinski definition) is 9. The minimum absolute atomic E-state index is 0.238. The predicted octanol–water partition coefficient (Wildman–Crippen LogP) is 8.33. The smallest absolute Gasteiger partial charge is 0.220 e. The Balaban J connectivity index is 1.76. The fourth-order valence-electron chi connectivity index (χ4n) is 9.41. The molecule has 0 aliphatic carbocycles. The molecule has 0 aromatic carbocycles. The molecule has 68 heavy (non-hydrogen) atoms. The standard InChI is InChI=1S/C54H103NO13/c1-3-5-7-9-11-13-15-16-17-18-19-20-21-22-23-24-25-26-28-29-31-33-35-37-43(58)42(55-46(59)38-36-34-32-30-27-14-12-10-8-6-4-2)41-65-53-51(64)49(62)52(45(40-57)67-53)68-54-50(63)48(61)47(60)44(39-56)66-54/h35,37,42-45,47-54,56-58,60-64H,3-34,36,38-41H2,1-2H3,(H,55,59)/b37-35+. The van der Waals surface area contributed by atoms with Gasteiger partial charge in [-0.3, -0.25) is 4.79 Å². The number of allylic oxidation sites excluding steroid dienone is 1. The van der Waals surface area contributed by atoms with Crippen molar-refractivity contribution in [2.24, 2.45) is 0 Å². The Kier molecular flexibility index (Phi) is 38.1. The van der Waals surface area contributed by atoms with Gasteiger partial charge < -0.3 is 65.1 Å². The molecule has 14 heteroatoms. The third-order valence-corrected chi connectivity index (χ3v) is 14.0. The van der Waals surface area contributed by atoms with Crippen LogP contribution in [-0.2, 0) is 23.7 Å². The Morgan fingerprint density at radius 2 is 0.912 bits per heavy atom. The highest BCUT2D eigenvalue weighted by atomic mass is 16.7. The van der Waals surface area contributed by atoms with Crippen LogP contribution < -0.4 is 5.32 Å². The predicted molar refractivity (Wildman–Crippen MR) is 268 cm³/mol. The number of nitrogens with one attached hydrogen (secondary N) is 1. The zero-order valence-electron chi connectivity index (χ0n) is 42.9. The molecular formula is C54H103NO13. The molecule has 0 aromatic rings. The summed E-state index contributed by atoms with van der Waals surface area (Å²) in [6.45, 7) is 2.80. The van der Waals surface area contributed by atoms with Crippen molar-refractivity contribution in [3.05, 3.63) is 12.2 Å². The highest BCUT2D eigenvalue weighted by molar-refractivity contribution is 5.76. The number of unbranched alkanes of at least 4 members (excludes halogenated alkanes) is 31. The van der Waals surface area contributed by atoms with Crippen LogP contribution in [0.1, 0.15) is 232 Å². The fraction of sp³-hybridized carbons (Fsp3) is 0.944. The highest BCUT2D eigenvalue weighted by Crippen LogP contribution is 2.30. The van der Waals surface area contributed by atoms with Crippen LogP contribution in [0.25, 0.3) is 0 Å². The lowest BCUT2D eigenvalue weighted by Crippen LogP contribution is -2.65. The lowest BCUT2D eigenvalue weighted by Gasteiger charge is -2.46. The maximum absolute atomic E-state index is 13.2. The van der Waals surface area contributed by atoms with Gasteiger partial charge in [-0.05, 0) is 19.3 Å². The first-order chi connectivity index (χ1) is 33.1. The summed E-state index contributed by atoms with van der Waals surface area (Å²) >= 11 is 0. The molecular weight excluding hydrogens is 871 g/mol. The Morgan fingerprint density at radius 3 is 1.35 bits per heavy atom. The van der Waals surface area contributed by atoms with E-state index in [0.717, 1.165) is 38.5 Å². The molecule has 1 amide bonds. The normalized spacial score (nSPS) is 26.4. The van der Waals surface area contributed by atoms with Crippen molar-refractivity contribution in [2.75, 3.05) is 19.8 Å². The molecule has 0 aromatic heterocycles. The van der Waals surface area contributed by atoms with Crippen molar-refractivity contribution in [1.82, 2.24) is 5.32 Å². The molecule has 12 unspecified atom stereocenters. The van der Waals surface area contributed by atoms with Crippen LogP contribution in [0.15, 0.2) is 12.2 Å². The summed E-state index contributed by atoms with van der Waals surface area (Å²) in [5, 5.41) is 86.8. The zero-order chi connectivity index (χ0) is 49.6. The monoisotopic (exact) mass is 974 g/mol. The molecule has 14 nitrogen and oxygen atoms in total. The number of rotatable bonds is 44. The van der Waals surface area contributed by atoms with Gasteiger partial charge in [0.15, 0.2) is 12.6 Å². The molecule has 9 N–H and O–H groups in total. The first-order valence-corrected chi connectivity index (χ1v) is 27.9. The summed E-state index contributed by atoms with van der Waals surface area (Å²) in [6.07, 6.45) is 28.3.